The van der Waals surface area contributed by atoms with Crippen LogP contribution in [0.25, 0.3) is 0 Å². The van der Waals surface area contributed by atoms with Crippen LogP contribution in [0.4, 0.5) is 5.69 Å². The molecule has 1 aromatic carbocycles. The van der Waals surface area contributed by atoms with Gasteiger partial charge in [0.1, 0.15) is 0 Å². The van der Waals surface area contributed by atoms with Crippen LogP contribution >= 0.6 is 0 Å². The third-order valence-corrected chi connectivity index (χ3v) is 2.03. The van der Waals surface area contributed by atoms with Gasteiger partial charge in [-0.3, -0.25) is 0 Å². The number of nitrogens with one attached hydrogen (secondary N) is 1. The second kappa shape index (κ2) is 6.48. The van der Waals surface area contributed by atoms with Gasteiger partial charge in [-0.05, 0) is 26.0 Å². The molecular formula is C12H20N2O2. The molecule has 0 heterocycles. The predicted molar refractivity (Wildman–Crippen MR) is 65.0 cm³/mol. The van der Waals surface area contributed by atoms with Crippen LogP contribution in [0.2, 0.25) is 0 Å². The number of nitrogens with zero attached hydrogens (tertiary/aromatic N) is 1. The number of anilines is 1. The van der Waals surface area contributed by atoms with E-state index < -0.39 is 12.2 Å². The number of aliphatic hydroxyl groups is 2. The van der Waals surface area contributed by atoms with E-state index in [-0.39, 0.29) is 0 Å². The van der Waals surface area contributed by atoms with Crippen molar-refractivity contribution in [3.63, 3.8) is 0 Å². The zero-order valence-corrected chi connectivity index (χ0v) is 9.80. The molecule has 0 spiro atoms. The van der Waals surface area contributed by atoms with Crippen LogP contribution in [0.1, 0.15) is 13.8 Å². The van der Waals surface area contributed by atoms with Gasteiger partial charge < -0.3 is 15.6 Å². The van der Waals surface area contributed by atoms with Crippen molar-refractivity contribution in [2.75, 3.05) is 18.5 Å². The highest BCUT2D eigenvalue weighted by atomic mass is 16.3. The molecule has 0 aliphatic heterocycles. The fourth-order valence-electron chi connectivity index (χ4n) is 1.50. The molecule has 0 aliphatic carbocycles. The Hall–Kier alpha value is -1.10. The molecule has 90 valence electrons. The van der Waals surface area contributed by atoms with E-state index in [1.165, 1.54) is 0 Å². The number of benzene rings is 1. The minimum Gasteiger partial charge on any atom is -0.392 e. The van der Waals surface area contributed by atoms with Crippen LogP contribution in [0.3, 0.4) is 0 Å². The summed E-state index contributed by atoms with van der Waals surface area (Å²) >= 11 is 0. The van der Waals surface area contributed by atoms with Gasteiger partial charge >= 0.3 is 0 Å². The fourth-order valence-corrected chi connectivity index (χ4v) is 1.50. The quantitative estimate of drug-likeness (QED) is 0.633. The second-order valence-corrected chi connectivity index (χ2v) is 4.08. The summed E-state index contributed by atoms with van der Waals surface area (Å²) in [5, 5.41) is 20.5. The molecule has 4 nitrogen and oxygen atoms in total. The first-order valence-corrected chi connectivity index (χ1v) is 5.50. The molecule has 0 aromatic heterocycles. The van der Waals surface area contributed by atoms with E-state index >= 15 is 0 Å². The number of rotatable bonds is 6. The van der Waals surface area contributed by atoms with E-state index in [2.05, 4.69) is 5.43 Å². The predicted octanol–water partition coefficient (Wildman–Crippen LogP) is 1.08. The number of hydrazine groups is 1. The zero-order valence-electron chi connectivity index (χ0n) is 9.80. The molecule has 0 saturated carbocycles. The first-order valence-electron chi connectivity index (χ1n) is 5.50. The molecule has 4 heteroatoms. The lowest BCUT2D eigenvalue weighted by atomic mass is 10.3. The fraction of sp³-hybridized carbons (Fsp3) is 0.500. The molecular weight excluding hydrogens is 204 g/mol. The van der Waals surface area contributed by atoms with Gasteiger partial charge in [-0.2, -0.15) is 0 Å². The Labute approximate surface area is 96.5 Å². The summed E-state index contributed by atoms with van der Waals surface area (Å²) in [6.45, 7) is 4.39. The SMILES string of the molecule is CC(O)CN(CC(C)O)Nc1ccccc1. The highest BCUT2D eigenvalue weighted by molar-refractivity contribution is 5.41. The minimum absolute atomic E-state index is 0.435. The molecule has 0 fully saturated rings. The van der Waals surface area contributed by atoms with Gasteiger partial charge in [-0.15, -0.1) is 0 Å². The van der Waals surface area contributed by atoms with Crippen molar-refractivity contribution in [1.29, 1.82) is 0 Å². The highest BCUT2D eigenvalue weighted by Crippen LogP contribution is 2.07. The van der Waals surface area contributed by atoms with Crippen LogP contribution < -0.4 is 5.43 Å². The smallest absolute Gasteiger partial charge is 0.0657 e. The lowest BCUT2D eigenvalue weighted by molar-refractivity contribution is 0.0982. The normalized spacial score (nSPS) is 14.8. The maximum atomic E-state index is 9.35. The summed E-state index contributed by atoms with van der Waals surface area (Å²) in [4.78, 5) is 0. The lowest BCUT2D eigenvalue weighted by Crippen LogP contribution is -2.40. The molecule has 2 unspecified atom stereocenters. The summed E-state index contributed by atoms with van der Waals surface area (Å²) < 4.78 is 0. The van der Waals surface area contributed by atoms with E-state index in [9.17, 15) is 10.2 Å². The Morgan fingerprint density at radius 1 is 1.06 bits per heavy atom. The van der Waals surface area contributed by atoms with Gasteiger partial charge in [0.15, 0.2) is 0 Å². The van der Waals surface area contributed by atoms with Crippen molar-refractivity contribution in [3.05, 3.63) is 30.3 Å². The van der Waals surface area contributed by atoms with E-state index in [1.807, 2.05) is 35.3 Å². The van der Waals surface area contributed by atoms with Crippen LogP contribution in [0, 0.1) is 0 Å². The van der Waals surface area contributed by atoms with Crippen LogP contribution in [-0.4, -0.2) is 40.5 Å². The van der Waals surface area contributed by atoms with E-state index in [1.54, 1.807) is 13.8 Å². The van der Waals surface area contributed by atoms with Crippen molar-refractivity contribution in [2.24, 2.45) is 0 Å². The van der Waals surface area contributed by atoms with Crippen LogP contribution in [-0.2, 0) is 0 Å². The average molecular weight is 224 g/mol. The first kappa shape index (κ1) is 13.0. The van der Waals surface area contributed by atoms with Crippen LogP contribution in [0.5, 0.6) is 0 Å². The van der Waals surface area contributed by atoms with Gasteiger partial charge in [-0.1, -0.05) is 18.2 Å². The lowest BCUT2D eigenvalue weighted by Gasteiger charge is -2.26. The highest BCUT2D eigenvalue weighted by Gasteiger charge is 2.10. The van der Waals surface area contributed by atoms with Gasteiger partial charge in [0.2, 0.25) is 0 Å². The van der Waals surface area contributed by atoms with Crippen molar-refractivity contribution in [2.45, 2.75) is 26.1 Å². The largest absolute Gasteiger partial charge is 0.392 e. The molecule has 0 radical (unpaired) electrons. The average Bonchev–Trinajstić information content (AvgIpc) is 2.16. The van der Waals surface area contributed by atoms with Gasteiger partial charge in [0.05, 0.1) is 12.2 Å². The molecule has 0 aliphatic rings. The summed E-state index contributed by atoms with van der Waals surface area (Å²) in [6, 6.07) is 9.70. The van der Waals surface area contributed by atoms with E-state index in [0.29, 0.717) is 13.1 Å². The standard InChI is InChI=1S/C12H20N2O2/c1-10(15)8-14(9-11(2)16)13-12-6-4-3-5-7-12/h3-7,10-11,13,15-16H,8-9H2,1-2H3. The number of aliphatic hydroxyl groups excluding tert-OH is 2. The Morgan fingerprint density at radius 3 is 2.00 bits per heavy atom. The molecule has 0 amide bonds. The molecule has 3 N–H and O–H groups in total. The van der Waals surface area contributed by atoms with Gasteiger partial charge in [0, 0.05) is 18.8 Å². The molecule has 2 atom stereocenters. The third kappa shape index (κ3) is 5.11. The van der Waals surface area contributed by atoms with E-state index in [0.717, 1.165) is 5.69 Å². The molecule has 1 rings (SSSR count). The Bertz CT molecular complexity index is 278. The monoisotopic (exact) mass is 224 g/mol. The first-order chi connectivity index (χ1) is 7.58. The van der Waals surface area contributed by atoms with Gasteiger partial charge in [0.25, 0.3) is 0 Å². The zero-order chi connectivity index (χ0) is 12.0. The summed E-state index contributed by atoms with van der Waals surface area (Å²) in [5.74, 6) is 0. The second-order valence-electron chi connectivity index (χ2n) is 4.08. The summed E-state index contributed by atoms with van der Waals surface area (Å²) in [5.41, 5.74) is 4.10. The molecule has 0 saturated heterocycles. The maximum absolute atomic E-state index is 9.35. The van der Waals surface area contributed by atoms with Crippen molar-refractivity contribution < 1.29 is 10.2 Å². The number of hydrogen-bond acceptors (Lipinski definition) is 4. The Kier molecular flexibility index (Phi) is 5.25. The van der Waals surface area contributed by atoms with Gasteiger partial charge in [-0.25, -0.2) is 5.01 Å². The minimum atomic E-state index is -0.435. The summed E-state index contributed by atoms with van der Waals surface area (Å²) in [7, 11) is 0. The van der Waals surface area contributed by atoms with Crippen molar-refractivity contribution in [3.8, 4) is 0 Å². The Morgan fingerprint density at radius 2 is 1.56 bits per heavy atom. The third-order valence-electron chi connectivity index (χ3n) is 2.03. The topological polar surface area (TPSA) is 55.7 Å². The van der Waals surface area contributed by atoms with Crippen molar-refractivity contribution >= 4 is 5.69 Å². The molecule has 16 heavy (non-hydrogen) atoms. The van der Waals surface area contributed by atoms with Crippen LogP contribution in [0.15, 0.2) is 30.3 Å². The summed E-state index contributed by atoms with van der Waals surface area (Å²) in [6.07, 6.45) is -0.870. The Balaban J connectivity index is 2.56. The molecule has 0 bridgehead atoms. The number of para-hydroxylation sites is 1. The molecule has 1 aromatic rings. The number of hydrogen-bond donors (Lipinski definition) is 3. The van der Waals surface area contributed by atoms with Crippen molar-refractivity contribution in [1.82, 2.24) is 5.01 Å². The van der Waals surface area contributed by atoms with E-state index in [4.69, 9.17) is 0 Å². The maximum Gasteiger partial charge on any atom is 0.0657 e.